The van der Waals surface area contributed by atoms with Gasteiger partial charge in [0.25, 0.3) is 0 Å². The fourth-order valence-corrected chi connectivity index (χ4v) is 3.80. The van der Waals surface area contributed by atoms with Crippen LogP contribution in [0.25, 0.3) is 0 Å². The third-order valence-electron chi connectivity index (χ3n) is 5.21. The Morgan fingerprint density at radius 2 is 2.05 bits per heavy atom. The number of fused-ring (bicyclic) bond motifs is 1. The first-order valence-corrected chi connectivity index (χ1v) is 7.90. The van der Waals surface area contributed by atoms with Gasteiger partial charge in [0.05, 0.1) is 11.5 Å². The second-order valence-corrected chi connectivity index (χ2v) is 6.50. The second-order valence-electron chi connectivity index (χ2n) is 6.50. The summed E-state index contributed by atoms with van der Waals surface area (Å²) in [5.74, 6) is 1.85. The first-order valence-electron chi connectivity index (χ1n) is 7.90. The lowest BCUT2D eigenvalue weighted by Crippen LogP contribution is -2.32. The van der Waals surface area contributed by atoms with Crippen LogP contribution in [-0.4, -0.2) is 6.10 Å². The van der Waals surface area contributed by atoms with Crippen molar-refractivity contribution in [3.63, 3.8) is 0 Å². The number of rotatable bonds is 3. The van der Waals surface area contributed by atoms with Crippen LogP contribution in [0.2, 0.25) is 0 Å². The summed E-state index contributed by atoms with van der Waals surface area (Å²) < 4.78 is 6.04. The Morgan fingerprint density at radius 1 is 1.30 bits per heavy atom. The maximum Gasteiger partial charge on any atom is 0.123 e. The molecule has 0 radical (unpaired) electrons. The van der Waals surface area contributed by atoms with Crippen molar-refractivity contribution in [3.8, 4) is 11.8 Å². The average molecular weight is 269 g/mol. The molecule has 1 fully saturated rings. The van der Waals surface area contributed by atoms with Crippen molar-refractivity contribution in [2.45, 2.75) is 58.0 Å². The molecule has 1 aliphatic heterocycles. The maximum atomic E-state index is 9.67. The SMILES string of the molecule is CCC1CCC(C#N)(CC2Cc3ccccc3O2)CC1. The van der Waals surface area contributed by atoms with E-state index in [1.165, 1.54) is 24.8 Å². The number of hydrogen-bond donors (Lipinski definition) is 0. The highest BCUT2D eigenvalue weighted by Crippen LogP contribution is 2.45. The minimum absolute atomic E-state index is 0.140. The van der Waals surface area contributed by atoms with Crippen molar-refractivity contribution in [2.75, 3.05) is 0 Å². The zero-order valence-corrected chi connectivity index (χ0v) is 12.3. The molecule has 1 aliphatic carbocycles. The van der Waals surface area contributed by atoms with E-state index in [0.29, 0.717) is 0 Å². The molecule has 3 rings (SSSR count). The predicted molar refractivity (Wildman–Crippen MR) is 79.5 cm³/mol. The molecule has 1 heterocycles. The first kappa shape index (κ1) is 13.5. The smallest absolute Gasteiger partial charge is 0.123 e. The lowest BCUT2D eigenvalue weighted by atomic mass is 9.68. The number of nitriles is 1. The normalized spacial score (nSPS) is 32.2. The highest BCUT2D eigenvalue weighted by molar-refractivity contribution is 5.37. The predicted octanol–water partition coefficient (Wildman–Crippen LogP) is 4.49. The summed E-state index contributed by atoms with van der Waals surface area (Å²) in [6.45, 7) is 2.26. The Balaban J connectivity index is 1.65. The van der Waals surface area contributed by atoms with Crippen molar-refractivity contribution in [2.24, 2.45) is 11.3 Å². The molecular weight excluding hydrogens is 246 g/mol. The molecule has 2 heteroatoms. The van der Waals surface area contributed by atoms with E-state index in [1.807, 2.05) is 12.1 Å². The van der Waals surface area contributed by atoms with Crippen molar-refractivity contribution in [3.05, 3.63) is 29.8 Å². The van der Waals surface area contributed by atoms with Crippen LogP contribution in [0.3, 0.4) is 0 Å². The molecule has 0 saturated heterocycles. The Bertz CT molecular complexity index is 483. The molecule has 1 saturated carbocycles. The van der Waals surface area contributed by atoms with E-state index in [0.717, 1.165) is 37.4 Å². The second kappa shape index (κ2) is 5.48. The number of benzene rings is 1. The lowest BCUT2D eigenvalue weighted by Gasteiger charge is -2.36. The van der Waals surface area contributed by atoms with Gasteiger partial charge in [0.15, 0.2) is 0 Å². The summed E-state index contributed by atoms with van der Waals surface area (Å²) >= 11 is 0. The summed E-state index contributed by atoms with van der Waals surface area (Å²) in [5, 5.41) is 9.67. The van der Waals surface area contributed by atoms with Gasteiger partial charge in [0, 0.05) is 12.8 Å². The van der Waals surface area contributed by atoms with Crippen molar-refractivity contribution in [1.29, 1.82) is 5.26 Å². The molecule has 1 aromatic carbocycles. The van der Waals surface area contributed by atoms with Crippen LogP contribution in [0.5, 0.6) is 5.75 Å². The summed E-state index contributed by atoms with van der Waals surface area (Å²) in [4.78, 5) is 0. The van der Waals surface area contributed by atoms with E-state index in [-0.39, 0.29) is 11.5 Å². The molecule has 0 bridgehead atoms. The Hall–Kier alpha value is -1.49. The van der Waals surface area contributed by atoms with Crippen molar-refractivity contribution in [1.82, 2.24) is 0 Å². The Morgan fingerprint density at radius 3 is 2.70 bits per heavy atom. The molecule has 20 heavy (non-hydrogen) atoms. The first-order chi connectivity index (χ1) is 9.74. The number of para-hydroxylation sites is 1. The molecule has 1 aromatic rings. The molecule has 1 unspecified atom stereocenters. The van der Waals surface area contributed by atoms with Gasteiger partial charge in [-0.05, 0) is 43.2 Å². The van der Waals surface area contributed by atoms with Crippen LogP contribution < -0.4 is 4.74 Å². The van der Waals surface area contributed by atoms with Crippen LogP contribution in [0, 0.1) is 22.7 Å². The minimum atomic E-state index is -0.140. The Kier molecular flexibility index (Phi) is 3.70. The molecule has 0 spiro atoms. The van der Waals surface area contributed by atoms with Gasteiger partial charge < -0.3 is 4.74 Å². The van der Waals surface area contributed by atoms with E-state index in [4.69, 9.17) is 4.74 Å². The van der Waals surface area contributed by atoms with E-state index >= 15 is 0 Å². The average Bonchev–Trinajstić information content (AvgIpc) is 2.90. The summed E-state index contributed by atoms with van der Waals surface area (Å²) in [6, 6.07) is 10.9. The van der Waals surface area contributed by atoms with Gasteiger partial charge in [-0.3, -0.25) is 0 Å². The molecular formula is C18H23NO. The zero-order chi connectivity index (χ0) is 14.0. The van der Waals surface area contributed by atoms with E-state index in [2.05, 4.69) is 25.1 Å². The van der Waals surface area contributed by atoms with Gasteiger partial charge in [0.1, 0.15) is 11.9 Å². The fraction of sp³-hybridized carbons (Fsp3) is 0.611. The third-order valence-corrected chi connectivity index (χ3v) is 5.21. The molecule has 2 aliphatic rings. The lowest BCUT2D eigenvalue weighted by molar-refractivity contribution is 0.120. The summed E-state index contributed by atoms with van der Waals surface area (Å²) in [7, 11) is 0. The van der Waals surface area contributed by atoms with Gasteiger partial charge >= 0.3 is 0 Å². The topological polar surface area (TPSA) is 33.0 Å². The van der Waals surface area contributed by atoms with Crippen LogP contribution in [0.4, 0.5) is 0 Å². The highest BCUT2D eigenvalue weighted by Gasteiger charge is 2.39. The molecule has 0 aromatic heterocycles. The molecule has 0 N–H and O–H groups in total. The zero-order valence-electron chi connectivity index (χ0n) is 12.3. The number of ether oxygens (including phenoxy) is 1. The summed E-state index contributed by atoms with van der Waals surface area (Å²) in [6.07, 6.45) is 7.85. The van der Waals surface area contributed by atoms with Crippen LogP contribution in [0.15, 0.2) is 24.3 Å². The van der Waals surface area contributed by atoms with Gasteiger partial charge in [-0.2, -0.15) is 5.26 Å². The largest absolute Gasteiger partial charge is 0.490 e. The maximum absolute atomic E-state index is 9.67. The van der Waals surface area contributed by atoms with Gasteiger partial charge in [-0.15, -0.1) is 0 Å². The van der Waals surface area contributed by atoms with Crippen LogP contribution >= 0.6 is 0 Å². The van der Waals surface area contributed by atoms with E-state index in [1.54, 1.807) is 0 Å². The van der Waals surface area contributed by atoms with Crippen LogP contribution in [0.1, 0.15) is 51.0 Å². The molecule has 1 atom stereocenters. The number of nitrogens with zero attached hydrogens (tertiary/aromatic N) is 1. The van der Waals surface area contributed by atoms with Crippen molar-refractivity contribution < 1.29 is 4.74 Å². The quantitative estimate of drug-likeness (QED) is 0.810. The Labute approximate surface area is 121 Å². The monoisotopic (exact) mass is 269 g/mol. The highest BCUT2D eigenvalue weighted by atomic mass is 16.5. The third kappa shape index (κ3) is 2.54. The fourth-order valence-electron chi connectivity index (χ4n) is 3.80. The standard InChI is InChI=1S/C18H23NO/c1-2-14-7-9-18(13-19,10-8-14)12-16-11-15-5-3-4-6-17(15)20-16/h3-6,14,16H,2,7-12H2,1H3. The van der Waals surface area contributed by atoms with Gasteiger partial charge in [-0.1, -0.05) is 31.5 Å². The van der Waals surface area contributed by atoms with E-state index < -0.39 is 0 Å². The molecule has 2 nitrogen and oxygen atoms in total. The van der Waals surface area contributed by atoms with Gasteiger partial charge in [0.2, 0.25) is 0 Å². The molecule has 0 amide bonds. The number of hydrogen-bond acceptors (Lipinski definition) is 2. The van der Waals surface area contributed by atoms with E-state index in [9.17, 15) is 5.26 Å². The van der Waals surface area contributed by atoms with Gasteiger partial charge in [-0.25, -0.2) is 0 Å². The minimum Gasteiger partial charge on any atom is -0.490 e. The van der Waals surface area contributed by atoms with Crippen LogP contribution in [-0.2, 0) is 6.42 Å². The van der Waals surface area contributed by atoms with Crippen molar-refractivity contribution >= 4 is 0 Å². The summed E-state index contributed by atoms with van der Waals surface area (Å²) in [5.41, 5.74) is 1.16. The molecule has 106 valence electrons.